The summed E-state index contributed by atoms with van der Waals surface area (Å²) in [4.78, 5) is 37.2. The largest absolute Gasteiger partial charge is 0.340 e. The van der Waals surface area contributed by atoms with Gasteiger partial charge in [-0.1, -0.05) is 56.3 Å². The van der Waals surface area contributed by atoms with Crippen LogP contribution in [0.1, 0.15) is 34.7 Å². The molecule has 0 bridgehead atoms. The van der Waals surface area contributed by atoms with Gasteiger partial charge in [0.15, 0.2) is 0 Å². The first-order chi connectivity index (χ1) is 14.9. The zero-order valence-electron chi connectivity index (χ0n) is 17.0. The molecule has 0 fully saturated rings. The van der Waals surface area contributed by atoms with Gasteiger partial charge in [0.2, 0.25) is 0 Å². The number of nitrogens with zero attached hydrogens (tertiary/aromatic N) is 1. The minimum Gasteiger partial charge on any atom is -0.340 e. The molecule has 0 saturated carbocycles. The van der Waals surface area contributed by atoms with Gasteiger partial charge < -0.3 is 5.32 Å². The van der Waals surface area contributed by atoms with Gasteiger partial charge in [0.1, 0.15) is 17.6 Å². The Labute approximate surface area is 178 Å². The van der Waals surface area contributed by atoms with Crippen molar-refractivity contribution < 1.29 is 18.8 Å². The van der Waals surface area contributed by atoms with Crippen LogP contribution in [0.5, 0.6) is 0 Å². The van der Waals surface area contributed by atoms with Gasteiger partial charge in [-0.15, -0.1) is 0 Å². The Hall–Kier alpha value is -4.01. The van der Waals surface area contributed by atoms with Gasteiger partial charge in [-0.2, -0.15) is 5.10 Å². The van der Waals surface area contributed by atoms with Gasteiger partial charge in [0.05, 0.1) is 11.3 Å². The van der Waals surface area contributed by atoms with E-state index in [1.54, 1.807) is 19.9 Å². The molecule has 4 N–H and O–H groups in total. The Balaban J connectivity index is 1.61. The summed E-state index contributed by atoms with van der Waals surface area (Å²) in [6, 6.07) is 15.3. The van der Waals surface area contributed by atoms with E-state index < -0.39 is 29.6 Å². The monoisotopic (exact) mass is 423 g/mol. The highest BCUT2D eigenvalue weighted by Crippen LogP contribution is 2.16. The Bertz CT molecular complexity index is 1080. The predicted molar refractivity (Wildman–Crippen MR) is 112 cm³/mol. The number of hydrogen-bond acceptors (Lipinski definition) is 4. The molecule has 2 aromatic carbocycles. The number of aromatic amines is 1. The number of hydrazine groups is 1. The number of halogens is 1. The molecule has 3 rings (SSSR count). The van der Waals surface area contributed by atoms with Crippen molar-refractivity contribution in [1.82, 2.24) is 26.4 Å². The van der Waals surface area contributed by atoms with E-state index in [4.69, 9.17) is 0 Å². The Kier molecular flexibility index (Phi) is 6.76. The predicted octanol–water partition coefficient (Wildman–Crippen LogP) is 2.43. The van der Waals surface area contributed by atoms with E-state index in [1.807, 2.05) is 30.3 Å². The summed E-state index contributed by atoms with van der Waals surface area (Å²) in [6.45, 7) is 3.43. The molecule has 1 heterocycles. The van der Waals surface area contributed by atoms with Crippen molar-refractivity contribution >= 4 is 17.7 Å². The minimum atomic E-state index is -0.992. The normalized spacial score (nSPS) is 11.6. The van der Waals surface area contributed by atoms with Crippen LogP contribution in [-0.2, 0) is 4.79 Å². The van der Waals surface area contributed by atoms with Crippen molar-refractivity contribution in [3.63, 3.8) is 0 Å². The Morgan fingerprint density at radius 2 is 1.61 bits per heavy atom. The molecular weight excluding hydrogens is 401 g/mol. The van der Waals surface area contributed by atoms with Crippen LogP contribution in [0.2, 0.25) is 0 Å². The first-order valence-electron chi connectivity index (χ1n) is 9.63. The summed E-state index contributed by atoms with van der Waals surface area (Å²) in [5, 5.41) is 9.20. The maximum absolute atomic E-state index is 13.8. The molecule has 8 nitrogen and oxygen atoms in total. The highest BCUT2D eigenvalue weighted by molar-refractivity contribution is 5.99. The topological polar surface area (TPSA) is 116 Å². The number of nitrogens with one attached hydrogen (secondary N) is 4. The molecule has 0 radical (unpaired) electrons. The van der Waals surface area contributed by atoms with E-state index in [1.165, 1.54) is 18.2 Å². The third-order valence-electron chi connectivity index (χ3n) is 4.55. The maximum Gasteiger partial charge on any atom is 0.287 e. The van der Waals surface area contributed by atoms with E-state index in [0.29, 0.717) is 5.69 Å². The number of carbonyl (C=O) groups is 3. The molecule has 1 atom stereocenters. The van der Waals surface area contributed by atoms with Crippen LogP contribution < -0.4 is 16.2 Å². The van der Waals surface area contributed by atoms with Gasteiger partial charge in [-0.3, -0.25) is 30.3 Å². The first kappa shape index (κ1) is 21.7. The van der Waals surface area contributed by atoms with E-state index in [9.17, 15) is 18.8 Å². The molecular formula is C22H22FN5O3. The van der Waals surface area contributed by atoms with Crippen molar-refractivity contribution in [2.24, 2.45) is 5.92 Å². The molecule has 9 heteroatoms. The van der Waals surface area contributed by atoms with E-state index in [-0.39, 0.29) is 17.2 Å². The Morgan fingerprint density at radius 1 is 0.935 bits per heavy atom. The molecule has 0 aliphatic carbocycles. The van der Waals surface area contributed by atoms with Crippen LogP contribution >= 0.6 is 0 Å². The highest BCUT2D eigenvalue weighted by Gasteiger charge is 2.26. The second kappa shape index (κ2) is 9.66. The molecule has 3 amide bonds. The Morgan fingerprint density at radius 3 is 2.29 bits per heavy atom. The van der Waals surface area contributed by atoms with E-state index >= 15 is 0 Å². The fourth-order valence-corrected chi connectivity index (χ4v) is 2.86. The minimum absolute atomic E-state index is 0.149. The van der Waals surface area contributed by atoms with Crippen molar-refractivity contribution in [3.8, 4) is 11.3 Å². The average Bonchev–Trinajstić information content (AvgIpc) is 3.26. The number of carbonyl (C=O) groups excluding carboxylic acids is 3. The van der Waals surface area contributed by atoms with Gasteiger partial charge >= 0.3 is 0 Å². The zero-order valence-corrected chi connectivity index (χ0v) is 17.0. The van der Waals surface area contributed by atoms with Crippen LogP contribution in [0.3, 0.4) is 0 Å². The fraction of sp³-hybridized carbons (Fsp3) is 0.182. The molecule has 0 aliphatic heterocycles. The van der Waals surface area contributed by atoms with E-state index in [0.717, 1.165) is 11.6 Å². The summed E-state index contributed by atoms with van der Waals surface area (Å²) in [5.74, 6) is -2.98. The smallest absolute Gasteiger partial charge is 0.287 e. The molecule has 0 unspecified atom stereocenters. The van der Waals surface area contributed by atoms with Crippen LogP contribution in [-0.4, -0.2) is 34.0 Å². The van der Waals surface area contributed by atoms with Crippen LogP contribution in [0.15, 0.2) is 60.7 Å². The van der Waals surface area contributed by atoms with Crippen molar-refractivity contribution in [2.45, 2.75) is 19.9 Å². The molecule has 3 aromatic rings. The zero-order chi connectivity index (χ0) is 22.4. The van der Waals surface area contributed by atoms with Crippen LogP contribution in [0.4, 0.5) is 4.39 Å². The number of benzene rings is 2. The summed E-state index contributed by atoms with van der Waals surface area (Å²) in [5.41, 5.74) is 5.96. The number of amides is 3. The third kappa shape index (κ3) is 5.33. The third-order valence-corrected chi connectivity index (χ3v) is 4.55. The van der Waals surface area contributed by atoms with Crippen LogP contribution in [0, 0.1) is 11.7 Å². The molecule has 0 saturated heterocycles. The van der Waals surface area contributed by atoms with Crippen LogP contribution in [0.25, 0.3) is 11.3 Å². The summed E-state index contributed by atoms with van der Waals surface area (Å²) < 4.78 is 13.8. The maximum atomic E-state index is 13.8. The molecule has 0 aliphatic rings. The molecule has 0 spiro atoms. The number of H-pyrrole nitrogens is 1. The van der Waals surface area contributed by atoms with Crippen molar-refractivity contribution in [3.05, 3.63) is 77.7 Å². The number of hydrogen-bond donors (Lipinski definition) is 4. The van der Waals surface area contributed by atoms with Crippen molar-refractivity contribution in [1.29, 1.82) is 0 Å². The first-order valence-corrected chi connectivity index (χ1v) is 9.63. The second-order valence-electron chi connectivity index (χ2n) is 7.15. The fourth-order valence-electron chi connectivity index (χ4n) is 2.86. The van der Waals surface area contributed by atoms with Crippen molar-refractivity contribution in [2.75, 3.05) is 0 Å². The lowest BCUT2D eigenvalue weighted by Crippen LogP contribution is -2.54. The van der Waals surface area contributed by atoms with Gasteiger partial charge in [0, 0.05) is 5.56 Å². The van der Waals surface area contributed by atoms with Gasteiger partial charge in [-0.05, 0) is 24.1 Å². The highest BCUT2D eigenvalue weighted by atomic mass is 19.1. The number of aromatic nitrogens is 2. The number of rotatable bonds is 6. The SMILES string of the molecule is CC(C)[C@@H](NC(=O)c1ccccc1F)C(=O)NNC(=O)c1cc(-c2ccccc2)n[nH]1. The lowest BCUT2D eigenvalue weighted by molar-refractivity contribution is -0.124. The van der Waals surface area contributed by atoms with Gasteiger partial charge in [-0.25, -0.2) is 4.39 Å². The quantitative estimate of drug-likeness (QED) is 0.456. The molecule has 160 valence electrons. The lowest BCUT2D eigenvalue weighted by atomic mass is 10.0. The van der Waals surface area contributed by atoms with E-state index in [2.05, 4.69) is 26.4 Å². The summed E-state index contributed by atoms with van der Waals surface area (Å²) in [6.07, 6.45) is 0. The second-order valence-corrected chi connectivity index (χ2v) is 7.15. The summed E-state index contributed by atoms with van der Waals surface area (Å²) in [7, 11) is 0. The summed E-state index contributed by atoms with van der Waals surface area (Å²) >= 11 is 0. The standard InChI is InChI=1S/C22H22FN5O3/c1-13(2)19(24-20(29)15-10-6-7-11-16(15)23)22(31)28-27-21(30)18-12-17(25-26-18)14-8-4-3-5-9-14/h3-13,19H,1-2H3,(H,24,29)(H,25,26)(H,27,30)(H,28,31)/t19-/m1/s1. The lowest BCUT2D eigenvalue weighted by Gasteiger charge is -2.21. The molecule has 1 aromatic heterocycles. The average molecular weight is 423 g/mol. The van der Waals surface area contributed by atoms with Gasteiger partial charge in [0.25, 0.3) is 17.7 Å². The molecule has 31 heavy (non-hydrogen) atoms.